The van der Waals surface area contributed by atoms with Crippen LogP contribution >= 0.6 is 0 Å². The molecule has 18 nitrogen and oxygen atoms in total. The second kappa shape index (κ2) is 26.8. The highest BCUT2D eigenvalue weighted by Crippen LogP contribution is 2.38. The van der Waals surface area contributed by atoms with Gasteiger partial charge in [0.2, 0.25) is 29.5 Å². The molecule has 1 aliphatic heterocycles. The van der Waals surface area contributed by atoms with E-state index >= 15 is 0 Å². The molecule has 0 spiro atoms. The molecule has 6 amide bonds. The van der Waals surface area contributed by atoms with Crippen molar-refractivity contribution in [1.82, 2.24) is 31.1 Å². The SMILES string of the molecule is CCCCCCCCCCCCCCCC(=O)N(C)[C@H](CCO)C(=O)N[C@H](N)C(=O)NCC(=O)N(C)[C@@H]1C(=O)N[C@@H](C)C(=O)N[C@H](C(=O)O)Cc2ccc(O)c(c2)-c2cc1ccc2O. The molecular formula is C46H69N7O11. The minimum atomic E-state index is -1.67. The zero-order chi connectivity index (χ0) is 47.3. The Hall–Kier alpha value is -5.75. The fourth-order valence-corrected chi connectivity index (χ4v) is 7.63. The second-order valence-corrected chi connectivity index (χ2v) is 16.6. The van der Waals surface area contributed by atoms with Crippen LogP contribution in [-0.2, 0) is 40.0 Å². The number of phenols is 2. The van der Waals surface area contributed by atoms with Crippen molar-refractivity contribution in [3.8, 4) is 22.6 Å². The minimum Gasteiger partial charge on any atom is -0.507 e. The third kappa shape index (κ3) is 16.1. The summed E-state index contributed by atoms with van der Waals surface area (Å²) in [4.78, 5) is 94.3. The van der Waals surface area contributed by atoms with E-state index in [2.05, 4.69) is 28.2 Å². The van der Waals surface area contributed by atoms with Gasteiger partial charge in [0.05, 0.1) is 6.54 Å². The molecule has 0 aliphatic carbocycles. The summed E-state index contributed by atoms with van der Waals surface area (Å²) in [6.07, 6.45) is 13.3. The van der Waals surface area contributed by atoms with E-state index in [1.807, 2.05) is 0 Å². The number of aliphatic hydroxyl groups is 1. The Morgan fingerprint density at radius 2 is 1.34 bits per heavy atom. The first-order valence-corrected chi connectivity index (χ1v) is 22.4. The van der Waals surface area contributed by atoms with Gasteiger partial charge in [-0.05, 0) is 55.2 Å². The summed E-state index contributed by atoms with van der Waals surface area (Å²) in [7, 11) is 2.70. The third-order valence-electron chi connectivity index (χ3n) is 11.6. The number of carbonyl (C=O) groups is 7. The number of nitrogens with one attached hydrogen (secondary N) is 4. The van der Waals surface area contributed by atoms with Crippen LogP contribution in [0, 0.1) is 0 Å². The standard InChI is InChI=1S/C46H69N7O11/c1-5-6-7-8-9-10-11-12-13-14-15-16-17-18-38(57)52(3)35(23-24-54)43(60)51-41(47)45(62)48-28-39(58)53(4)40-31-20-22-37(56)33(27-31)32-25-30(19-21-36(32)55)26-34(46(63)64)50-42(59)29(2)49-44(40)61/h19-22,25,27,29,34-35,40-41,54-56H,5-18,23-24,26,28,47H2,1-4H3,(H,48,62)(H,49,61)(H,50,59)(H,51,60)(H,63,64)/t29-,34-,35+,40-,41-/m0/s1. The molecule has 1 heterocycles. The number of phenolic OH excluding ortho intramolecular Hbond substituents is 2. The van der Waals surface area contributed by atoms with Crippen molar-refractivity contribution >= 4 is 41.4 Å². The number of fused-ring (bicyclic) bond motifs is 5. The van der Waals surface area contributed by atoms with E-state index in [0.717, 1.165) is 24.2 Å². The van der Waals surface area contributed by atoms with Gasteiger partial charge < -0.3 is 57.2 Å². The van der Waals surface area contributed by atoms with Crippen LogP contribution in [0.25, 0.3) is 11.1 Å². The summed E-state index contributed by atoms with van der Waals surface area (Å²) in [5, 5.41) is 50.7. The zero-order valence-corrected chi connectivity index (χ0v) is 37.7. The maximum absolute atomic E-state index is 13.9. The fraction of sp³-hybridized carbons (Fsp3) is 0.587. The molecule has 18 heteroatoms. The maximum Gasteiger partial charge on any atom is 0.326 e. The molecule has 4 bridgehead atoms. The number of aliphatic carboxylic acids is 1. The second-order valence-electron chi connectivity index (χ2n) is 16.6. The molecule has 0 saturated heterocycles. The Kier molecular flexibility index (Phi) is 22.0. The molecule has 5 atom stereocenters. The molecule has 354 valence electrons. The smallest absolute Gasteiger partial charge is 0.326 e. The number of hydrogen-bond acceptors (Lipinski definition) is 11. The molecule has 1 aliphatic rings. The lowest BCUT2D eigenvalue weighted by atomic mass is 9.94. The van der Waals surface area contributed by atoms with E-state index in [1.165, 1.54) is 120 Å². The largest absolute Gasteiger partial charge is 0.507 e. The monoisotopic (exact) mass is 896 g/mol. The third-order valence-corrected chi connectivity index (χ3v) is 11.6. The van der Waals surface area contributed by atoms with Gasteiger partial charge in [0.1, 0.15) is 35.7 Å². The lowest BCUT2D eigenvalue weighted by Crippen LogP contribution is -2.58. The Morgan fingerprint density at radius 1 is 0.781 bits per heavy atom. The molecule has 0 radical (unpaired) electrons. The summed E-state index contributed by atoms with van der Waals surface area (Å²) in [6, 6.07) is 2.85. The average Bonchev–Trinajstić information content (AvgIpc) is 3.26. The van der Waals surface area contributed by atoms with Crippen molar-refractivity contribution in [2.24, 2.45) is 5.73 Å². The highest BCUT2D eigenvalue weighted by molar-refractivity contribution is 5.96. The van der Waals surface area contributed by atoms with Crippen molar-refractivity contribution < 1.29 is 54.0 Å². The number of aromatic hydroxyl groups is 2. The first-order chi connectivity index (χ1) is 30.5. The first kappa shape index (κ1) is 52.6. The Balaban J connectivity index is 1.62. The van der Waals surface area contributed by atoms with E-state index in [0.29, 0.717) is 12.0 Å². The fourth-order valence-electron chi connectivity index (χ4n) is 7.63. The van der Waals surface area contributed by atoms with Crippen LogP contribution in [0.2, 0.25) is 0 Å². The molecule has 10 N–H and O–H groups in total. The number of likely N-dealkylation sites (N-methyl/N-ethyl adjacent to an activating group) is 2. The summed E-state index contributed by atoms with van der Waals surface area (Å²) in [5.74, 6) is -6.53. The van der Waals surface area contributed by atoms with Crippen molar-refractivity contribution in [1.29, 1.82) is 0 Å². The molecule has 0 unspecified atom stereocenters. The van der Waals surface area contributed by atoms with Crippen molar-refractivity contribution in [3.63, 3.8) is 0 Å². The average molecular weight is 896 g/mol. The Labute approximate surface area is 375 Å². The highest BCUT2D eigenvalue weighted by Gasteiger charge is 2.34. The molecule has 0 saturated carbocycles. The summed E-state index contributed by atoms with van der Waals surface area (Å²) in [6.45, 7) is 2.40. The van der Waals surface area contributed by atoms with E-state index in [1.54, 1.807) is 0 Å². The van der Waals surface area contributed by atoms with Crippen LogP contribution in [0.1, 0.15) is 127 Å². The highest BCUT2D eigenvalue weighted by atomic mass is 16.4. The summed E-state index contributed by atoms with van der Waals surface area (Å²) < 4.78 is 0. The Morgan fingerprint density at radius 3 is 1.92 bits per heavy atom. The van der Waals surface area contributed by atoms with Crippen LogP contribution in [0.5, 0.6) is 11.5 Å². The topological polar surface area (TPSA) is 281 Å². The van der Waals surface area contributed by atoms with Crippen LogP contribution in [0.3, 0.4) is 0 Å². The quantitative estimate of drug-likeness (QED) is 0.0543. The van der Waals surface area contributed by atoms with Gasteiger partial charge in [-0.3, -0.25) is 28.8 Å². The number of unbranched alkanes of at least 4 members (excludes halogenated alkanes) is 12. The number of rotatable bonds is 24. The first-order valence-electron chi connectivity index (χ1n) is 22.4. The number of hydrogen-bond donors (Lipinski definition) is 9. The number of carboxylic acid groups (broad SMARTS) is 1. The number of carbonyl (C=O) groups excluding carboxylic acids is 6. The van der Waals surface area contributed by atoms with Gasteiger partial charge in [0.15, 0.2) is 6.17 Å². The van der Waals surface area contributed by atoms with Crippen LogP contribution in [0.15, 0.2) is 36.4 Å². The van der Waals surface area contributed by atoms with Gasteiger partial charge in [-0.15, -0.1) is 0 Å². The summed E-state index contributed by atoms with van der Waals surface area (Å²) in [5.41, 5.74) is 6.67. The number of amides is 6. The number of aliphatic hydroxyl groups excluding tert-OH is 1. The van der Waals surface area contributed by atoms with Gasteiger partial charge >= 0.3 is 5.97 Å². The van der Waals surface area contributed by atoms with Crippen molar-refractivity contribution in [2.45, 2.75) is 147 Å². The summed E-state index contributed by atoms with van der Waals surface area (Å²) >= 11 is 0. The predicted molar refractivity (Wildman–Crippen MR) is 239 cm³/mol. The van der Waals surface area contributed by atoms with Crippen LogP contribution in [-0.4, -0.2) is 123 Å². The van der Waals surface area contributed by atoms with Gasteiger partial charge in [-0.25, -0.2) is 4.79 Å². The van der Waals surface area contributed by atoms with Gasteiger partial charge in [0.25, 0.3) is 5.91 Å². The van der Waals surface area contributed by atoms with Gasteiger partial charge in [-0.1, -0.05) is 96.1 Å². The molecule has 0 aromatic heterocycles. The predicted octanol–water partition coefficient (Wildman–Crippen LogP) is 3.10. The van der Waals surface area contributed by atoms with Crippen molar-refractivity contribution in [3.05, 3.63) is 47.5 Å². The lowest BCUT2D eigenvalue weighted by molar-refractivity contribution is -0.143. The zero-order valence-electron chi connectivity index (χ0n) is 37.7. The Bertz CT molecular complexity index is 1910. The molecule has 2 aromatic rings. The maximum atomic E-state index is 13.9. The van der Waals surface area contributed by atoms with E-state index in [4.69, 9.17) is 5.73 Å². The van der Waals surface area contributed by atoms with Gasteiger partial charge in [0, 0.05) is 44.7 Å². The van der Waals surface area contributed by atoms with E-state index in [-0.39, 0.29) is 53.4 Å². The van der Waals surface area contributed by atoms with Crippen LogP contribution < -0.4 is 27.0 Å². The van der Waals surface area contributed by atoms with E-state index < -0.39 is 79.0 Å². The number of carboxylic acids is 1. The lowest BCUT2D eigenvalue weighted by Gasteiger charge is -2.30. The number of nitrogens with two attached hydrogens (primary N) is 1. The van der Waals surface area contributed by atoms with Crippen molar-refractivity contribution in [2.75, 3.05) is 27.2 Å². The number of benzene rings is 2. The van der Waals surface area contributed by atoms with E-state index in [9.17, 15) is 54.0 Å². The normalized spacial score (nSPS) is 17.2. The molecule has 3 rings (SSSR count). The molecule has 2 aromatic carbocycles. The molecule has 64 heavy (non-hydrogen) atoms. The number of nitrogens with zero attached hydrogens (tertiary/aromatic N) is 2. The van der Waals surface area contributed by atoms with Crippen LogP contribution in [0.4, 0.5) is 0 Å². The van der Waals surface area contributed by atoms with Gasteiger partial charge in [-0.2, -0.15) is 0 Å². The minimum absolute atomic E-state index is 0.0537. The molecular weight excluding hydrogens is 827 g/mol. The molecule has 0 fully saturated rings.